The number of methoxy groups -OCH3 is 1. The highest BCUT2D eigenvalue weighted by molar-refractivity contribution is 5.40. The molecule has 0 amide bonds. The van der Waals surface area contributed by atoms with Crippen molar-refractivity contribution in [3.05, 3.63) is 23.8 Å². The maximum Gasteiger partial charge on any atom is 0.124 e. The van der Waals surface area contributed by atoms with E-state index in [-0.39, 0.29) is 12.2 Å². The van der Waals surface area contributed by atoms with Crippen LogP contribution in [0.15, 0.2) is 18.2 Å². The van der Waals surface area contributed by atoms with Gasteiger partial charge in [0.05, 0.1) is 13.2 Å². The minimum atomic E-state index is -0.344. The SMILES string of the molecule is COc1ccc(OC2CCCC2O)c(CNC(C)C)c1. The highest BCUT2D eigenvalue weighted by Gasteiger charge is 2.27. The topological polar surface area (TPSA) is 50.7 Å². The van der Waals surface area contributed by atoms with Crippen molar-refractivity contribution in [3.63, 3.8) is 0 Å². The largest absolute Gasteiger partial charge is 0.497 e. The van der Waals surface area contributed by atoms with E-state index in [2.05, 4.69) is 19.2 Å². The average molecular weight is 279 g/mol. The van der Waals surface area contributed by atoms with Gasteiger partial charge in [-0.15, -0.1) is 0 Å². The van der Waals surface area contributed by atoms with Crippen LogP contribution in [0.25, 0.3) is 0 Å². The van der Waals surface area contributed by atoms with Gasteiger partial charge in [0.15, 0.2) is 0 Å². The molecular formula is C16H25NO3. The lowest BCUT2D eigenvalue weighted by Gasteiger charge is -2.20. The molecule has 0 radical (unpaired) electrons. The fraction of sp³-hybridized carbons (Fsp3) is 0.625. The van der Waals surface area contributed by atoms with Gasteiger partial charge in [0.2, 0.25) is 0 Å². The van der Waals surface area contributed by atoms with Crippen LogP contribution in [0, 0.1) is 0 Å². The lowest BCUT2D eigenvalue weighted by Crippen LogP contribution is -2.27. The molecule has 4 nitrogen and oxygen atoms in total. The molecule has 1 saturated carbocycles. The molecule has 0 bridgehead atoms. The second kappa shape index (κ2) is 6.95. The van der Waals surface area contributed by atoms with Crippen molar-refractivity contribution in [2.75, 3.05) is 7.11 Å². The molecule has 112 valence electrons. The molecule has 20 heavy (non-hydrogen) atoms. The lowest BCUT2D eigenvalue weighted by molar-refractivity contribution is 0.0596. The zero-order chi connectivity index (χ0) is 14.5. The molecule has 1 aliphatic rings. The average Bonchev–Trinajstić information content (AvgIpc) is 2.83. The van der Waals surface area contributed by atoms with Gasteiger partial charge in [-0.1, -0.05) is 13.8 Å². The summed E-state index contributed by atoms with van der Waals surface area (Å²) in [5, 5.41) is 13.3. The molecular weight excluding hydrogens is 254 g/mol. The number of aliphatic hydroxyl groups is 1. The first-order valence-corrected chi connectivity index (χ1v) is 7.35. The second-order valence-electron chi connectivity index (χ2n) is 5.66. The normalized spacial score (nSPS) is 22.2. The van der Waals surface area contributed by atoms with E-state index in [1.165, 1.54) is 0 Å². The summed E-state index contributed by atoms with van der Waals surface area (Å²) in [7, 11) is 1.66. The summed E-state index contributed by atoms with van der Waals surface area (Å²) in [4.78, 5) is 0. The number of benzene rings is 1. The summed E-state index contributed by atoms with van der Waals surface area (Å²) in [6.07, 6.45) is 2.36. The monoisotopic (exact) mass is 279 g/mol. The molecule has 2 rings (SSSR count). The molecule has 2 unspecified atom stereocenters. The summed E-state index contributed by atoms with van der Waals surface area (Å²) in [5.41, 5.74) is 1.07. The standard InChI is InChI=1S/C16H25NO3/c1-11(2)17-10-12-9-13(19-3)7-8-15(12)20-16-6-4-5-14(16)18/h7-9,11,14,16-18H,4-6,10H2,1-3H3. The van der Waals surface area contributed by atoms with Gasteiger partial charge in [0.25, 0.3) is 0 Å². The maximum atomic E-state index is 9.89. The molecule has 0 aliphatic heterocycles. The van der Waals surface area contributed by atoms with Gasteiger partial charge < -0.3 is 19.9 Å². The van der Waals surface area contributed by atoms with Gasteiger partial charge >= 0.3 is 0 Å². The summed E-state index contributed by atoms with van der Waals surface area (Å²) < 4.78 is 11.3. The van der Waals surface area contributed by atoms with Gasteiger partial charge in [0, 0.05) is 18.2 Å². The molecule has 1 aromatic carbocycles. The van der Waals surface area contributed by atoms with Crippen LogP contribution in [0.2, 0.25) is 0 Å². The van der Waals surface area contributed by atoms with Crippen LogP contribution >= 0.6 is 0 Å². The molecule has 4 heteroatoms. The Bertz CT molecular complexity index is 434. The van der Waals surface area contributed by atoms with Gasteiger partial charge in [-0.2, -0.15) is 0 Å². The van der Waals surface area contributed by atoms with E-state index in [0.717, 1.165) is 42.9 Å². The third-order valence-electron chi connectivity index (χ3n) is 3.66. The Morgan fingerprint density at radius 3 is 2.75 bits per heavy atom. The Morgan fingerprint density at radius 2 is 2.15 bits per heavy atom. The summed E-state index contributed by atoms with van der Waals surface area (Å²) in [6.45, 7) is 4.95. The van der Waals surface area contributed by atoms with E-state index >= 15 is 0 Å². The minimum absolute atomic E-state index is 0.0822. The van der Waals surface area contributed by atoms with Crippen LogP contribution in [0.5, 0.6) is 11.5 Å². The Morgan fingerprint density at radius 1 is 1.35 bits per heavy atom. The van der Waals surface area contributed by atoms with Gasteiger partial charge in [-0.3, -0.25) is 0 Å². The van der Waals surface area contributed by atoms with Crippen molar-refractivity contribution in [2.45, 2.75) is 57.9 Å². The van der Waals surface area contributed by atoms with Crippen LogP contribution in [0.3, 0.4) is 0 Å². The molecule has 0 spiro atoms. The zero-order valence-electron chi connectivity index (χ0n) is 12.6. The Balaban J connectivity index is 2.12. The van der Waals surface area contributed by atoms with Crippen LogP contribution in [-0.2, 0) is 6.54 Å². The molecule has 1 aliphatic carbocycles. The quantitative estimate of drug-likeness (QED) is 0.840. The first kappa shape index (κ1) is 15.1. The lowest BCUT2D eigenvalue weighted by atomic mass is 10.1. The first-order valence-electron chi connectivity index (χ1n) is 7.35. The third-order valence-corrected chi connectivity index (χ3v) is 3.66. The molecule has 1 fully saturated rings. The first-order chi connectivity index (χ1) is 9.60. The maximum absolute atomic E-state index is 9.89. The van der Waals surface area contributed by atoms with Crippen LogP contribution < -0.4 is 14.8 Å². The molecule has 2 N–H and O–H groups in total. The van der Waals surface area contributed by atoms with E-state index in [1.54, 1.807) is 7.11 Å². The smallest absolute Gasteiger partial charge is 0.124 e. The fourth-order valence-electron chi connectivity index (χ4n) is 2.46. The van der Waals surface area contributed by atoms with Crippen LogP contribution in [0.4, 0.5) is 0 Å². The molecule has 1 aromatic rings. The molecule has 2 atom stereocenters. The number of rotatable bonds is 6. The minimum Gasteiger partial charge on any atom is -0.497 e. The summed E-state index contributed by atoms with van der Waals surface area (Å²) >= 11 is 0. The highest BCUT2D eigenvalue weighted by Crippen LogP contribution is 2.29. The van der Waals surface area contributed by atoms with E-state index in [9.17, 15) is 5.11 Å². The van der Waals surface area contributed by atoms with Crippen molar-refractivity contribution in [1.82, 2.24) is 5.32 Å². The predicted molar refractivity (Wildman–Crippen MR) is 79.2 cm³/mol. The van der Waals surface area contributed by atoms with E-state index in [0.29, 0.717) is 6.04 Å². The Kier molecular flexibility index (Phi) is 5.26. The summed E-state index contributed by atoms with van der Waals surface area (Å²) in [5.74, 6) is 1.66. The Hall–Kier alpha value is -1.26. The summed E-state index contributed by atoms with van der Waals surface area (Å²) in [6, 6.07) is 6.23. The van der Waals surface area contributed by atoms with Crippen LogP contribution in [-0.4, -0.2) is 30.5 Å². The van der Waals surface area contributed by atoms with Gasteiger partial charge in [-0.05, 0) is 37.5 Å². The van der Waals surface area contributed by atoms with Gasteiger partial charge in [0.1, 0.15) is 17.6 Å². The molecule has 0 aromatic heterocycles. The van der Waals surface area contributed by atoms with E-state index in [1.807, 2.05) is 18.2 Å². The van der Waals surface area contributed by atoms with Crippen molar-refractivity contribution in [3.8, 4) is 11.5 Å². The third kappa shape index (κ3) is 3.87. The highest BCUT2D eigenvalue weighted by atomic mass is 16.5. The number of ether oxygens (including phenoxy) is 2. The Labute approximate surface area is 121 Å². The molecule has 0 heterocycles. The van der Waals surface area contributed by atoms with E-state index in [4.69, 9.17) is 9.47 Å². The molecule has 0 saturated heterocycles. The fourth-order valence-corrected chi connectivity index (χ4v) is 2.46. The van der Waals surface area contributed by atoms with Crippen molar-refractivity contribution in [1.29, 1.82) is 0 Å². The van der Waals surface area contributed by atoms with Crippen molar-refractivity contribution >= 4 is 0 Å². The van der Waals surface area contributed by atoms with E-state index < -0.39 is 0 Å². The van der Waals surface area contributed by atoms with Crippen LogP contribution in [0.1, 0.15) is 38.7 Å². The zero-order valence-corrected chi connectivity index (χ0v) is 12.6. The number of aliphatic hydroxyl groups excluding tert-OH is 1. The van der Waals surface area contributed by atoms with Crippen molar-refractivity contribution in [2.24, 2.45) is 0 Å². The second-order valence-corrected chi connectivity index (χ2v) is 5.66. The van der Waals surface area contributed by atoms with Crippen molar-refractivity contribution < 1.29 is 14.6 Å². The van der Waals surface area contributed by atoms with Gasteiger partial charge in [-0.25, -0.2) is 0 Å². The number of hydrogen-bond donors (Lipinski definition) is 2. The predicted octanol–water partition coefficient (Wildman–Crippen LogP) is 2.49. The number of nitrogens with one attached hydrogen (secondary N) is 1. The number of hydrogen-bond acceptors (Lipinski definition) is 4.